The number of pyridine rings is 1. The first-order valence-electron chi connectivity index (χ1n) is 7.27. The molecule has 3 aromatic rings. The van der Waals surface area contributed by atoms with E-state index in [0.717, 1.165) is 10.9 Å². The number of fused-ring (bicyclic) bond motifs is 1. The molecular formula is C18H15ClN2O3. The molecule has 0 radical (unpaired) electrons. The van der Waals surface area contributed by atoms with E-state index in [1.807, 2.05) is 18.2 Å². The minimum Gasteiger partial charge on any atom is -0.497 e. The first-order chi connectivity index (χ1) is 11.7. The van der Waals surface area contributed by atoms with Gasteiger partial charge in [-0.15, -0.1) is 0 Å². The Morgan fingerprint density at radius 2 is 1.88 bits per heavy atom. The Morgan fingerprint density at radius 1 is 1.12 bits per heavy atom. The van der Waals surface area contributed by atoms with Crippen LogP contribution in [-0.2, 0) is 4.79 Å². The lowest BCUT2D eigenvalue weighted by molar-refractivity contribution is -0.118. The van der Waals surface area contributed by atoms with Crippen LogP contribution in [0.1, 0.15) is 0 Å². The predicted molar refractivity (Wildman–Crippen MR) is 93.9 cm³/mol. The zero-order chi connectivity index (χ0) is 16.9. The molecule has 1 heterocycles. The number of nitrogens with one attached hydrogen (secondary N) is 1. The SMILES string of the molecule is COc1ccc2nccc(NC(=O)COc3ccc(Cl)cc3)c2c1. The number of hydrogen-bond donors (Lipinski definition) is 1. The lowest BCUT2D eigenvalue weighted by Crippen LogP contribution is -2.20. The summed E-state index contributed by atoms with van der Waals surface area (Å²) in [6.45, 7) is -0.102. The van der Waals surface area contributed by atoms with Gasteiger partial charge >= 0.3 is 0 Å². The number of amides is 1. The molecule has 1 N–H and O–H groups in total. The molecule has 24 heavy (non-hydrogen) atoms. The molecule has 0 aliphatic rings. The van der Waals surface area contributed by atoms with Crippen LogP contribution in [0, 0.1) is 0 Å². The summed E-state index contributed by atoms with van der Waals surface area (Å²) in [5, 5.41) is 4.25. The molecule has 0 saturated carbocycles. The average molecular weight is 343 g/mol. The van der Waals surface area contributed by atoms with Crippen LogP contribution in [0.2, 0.25) is 5.02 Å². The molecular weight excluding hydrogens is 328 g/mol. The molecule has 0 aliphatic heterocycles. The van der Waals surface area contributed by atoms with Crippen molar-refractivity contribution in [1.82, 2.24) is 4.98 Å². The molecule has 0 spiro atoms. The van der Waals surface area contributed by atoms with E-state index in [4.69, 9.17) is 21.1 Å². The van der Waals surface area contributed by atoms with Gasteiger partial charge in [-0.05, 0) is 48.5 Å². The number of hydrogen-bond acceptors (Lipinski definition) is 4. The summed E-state index contributed by atoms with van der Waals surface area (Å²) < 4.78 is 10.7. The largest absolute Gasteiger partial charge is 0.497 e. The summed E-state index contributed by atoms with van der Waals surface area (Å²) >= 11 is 5.81. The molecule has 0 aliphatic carbocycles. The highest BCUT2D eigenvalue weighted by molar-refractivity contribution is 6.30. The number of halogens is 1. The van der Waals surface area contributed by atoms with Gasteiger partial charge in [0.2, 0.25) is 0 Å². The van der Waals surface area contributed by atoms with Crippen molar-refractivity contribution in [3.63, 3.8) is 0 Å². The first kappa shape index (κ1) is 16.1. The Morgan fingerprint density at radius 3 is 2.62 bits per heavy atom. The van der Waals surface area contributed by atoms with Gasteiger partial charge in [0, 0.05) is 16.6 Å². The Labute approximate surface area is 144 Å². The second-order valence-electron chi connectivity index (χ2n) is 5.03. The van der Waals surface area contributed by atoms with Crippen LogP contribution in [0.4, 0.5) is 5.69 Å². The molecule has 0 atom stereocenters. The fourth-order valence-electron chi connectivity index (χ4n) is 2.23. The number of rotatable bonds is 5. The van der Waals surface area contributed by atoms with Gasteiger partial charge in [-0.25, -0.2) is 0 Å². The third-order valence-corrected chi connectivity index (χ3v) is 3.66. The molecule has 5 nitrogen and oxygen atoms in total. The van der Waals surface area contributed by atoms with Crippen LogP contribution in [0.3, 0.4) is 0 Å². The van der Waals surface area contributed by atoms with Gasteiger partial charge in [-0.2, -0.15) is 0 Å². The third kappa shape index (κ3) is 3.75. The maximum atomic E-state index is 12.1. The van der Waals surface area contributed by atoms with Crippen LogP contribution in [0.25, 0.3) is 10.9 Å². The van der Waals surface area contributed by atoms with E-state index in [0.29, 0.717) is 22.2 Å². The Balaban J connectivity index is 1.72. The van der Waals surface area contributed by atoms with Gasteiger partial charge in [-0.1, -0.05) is 11.6 Å². The van der Waals surface area contributed by atoms with Crippen LogP contribution in [0.5, 0.6) is 11.5 Å². The molecule has 1 amide bonds. The van der Waals surface area contributed by atoms with Gasteiger partial charge < -0.3 is 14.8 Å². The molecule has 0 fully saturated rings. The highest BCUT2D eigenvalue weighted by Gasteiger charge is 2.08. The number of ether oxygens (including phenoxy) is 2. The Kier molecular flexibility index (Phi) is 4.82. The molecule has 3 rings (SSSR count). The lowest BCUT2D eigenvalue weighted by Gasteiger charge is -2.10. The molecule has 1 aromatic heterocycles. The second kappa shape index (κ2) is 7.19. The minimum absolute atomic E-state index is 0.102. The van der Waals surface area contributed by atoms with Crippen molar-refractivity contribution in [2.45, 2.75) is 0 Å². The van der Waals surface area contributed by atoms with Gasteiger partial charge in [0.05, 0.1) is 18.3 Å². The number of aromatic nitrogens is 1. The van der Waals surface area contributed by atoms with E-state index in [-0.39, 0.29) is 12.5 Å². The lowest BCUT2D eigenvalue weighted by atomic mass is 10.2. The van der Waals surface area contributed by atoms with Gasteiger partial charge in [0.1, 0.15) is 11.5 Å². The van der Waals surface area contributed by atoms with Gasteiger partial charge in [0.15, 0.2) is 6.61 Å². The van der Waals surface area contributed by atoms with Crippen LogP contribution in [0.15, 0.2) is 54.7 Å². The number of benzene rings is 2. The predicted octanol–water partition coefficient (Wildman–Crippen LogP) is 3.91. The fourth-order valence-corrected chi connectivity index (χ4v) is 2.35. The third-order valence-electron chi connectivity index (χ3n) is 3.41. The topological polar surface area (TPSA) is 60.5 Å². The molecule has 0 bridgehead atoms. The summed E-state index contributed by atoms with van der Waals surface area (Å²) in [5.74, 6) is 1.01. The smallest absolute Gasteiger partial charge is 0.262 e. The number of carbonyl (C=O) groups is 1. The summed E-state index contributed by atoms with van der Waals surface area (Å²) in [7, 11) is 1.59. The van der Waals surface area contributed by atoms with E-state index in [1.54, 1.807) is 43.6 Å². The maximum Gasteiger partial charge on any atom is 0.262 e. The zero-order valence-electron chi connectivity index (χ0n) is 13.0. The maximum absolute atomic E-state index is 12.1. The molecule has 122 valence electrons. The minimum atomic E-state index is -0.264. The molecule has 0 saturated heterocycles. The molecule has 2 aromatic carbocycles. The summed E-state index contributed by atoms with van der Waals surface area (Å²) in [6, 6.07) is 14.1. The van der Waals surface area contributed by atoms with E-state index in [1.165, 1.54) is 0 Å². The van der Waals surface area contributed by atoms with Gasteiger partial charge in [0.25, 0.3) is 5.91 Å². The van der Waals surface area contributed by atoms with Crippen molar-refractivity contribution in [3.05, 3.63) is 59.8 Å². The van der Waals surface area contributed by atoms with Crippen molar-refractivity contribution in [3.8, 4) is 11.5 Å². The molecule has 0 unspecified atom stereocenters. The van der Waals surface area contributed by atoms with Crippen molar-refractivity contribution < 1.29 is 14.3 Å². The number of anilines is 1. The van der Waals surface area contributed by atoms with Crippen molar-refractivity contribution >= 4 is 34.1 Å². The average Bonchev–Trinajstić information content (AvgIpc) is 2.61. The summed E-state index contributed by atoms with van der Waals surface area (Å²) in [4.78, 5) is 16.4. The van der Waals surface area contributed by atoms with Crippen LogP contribution >= 0.6 is 11.6 Å². The fraction of sp³-hybridized carbons (Fsp3) is 0.111. The Hall–Kier alpha value is -2.79. The van der Waals surface area contributed by atoms with Gasteiger partial charge in [-0.3, -0.25) is 9.78 Å². The molecule has 6 heteroatoms. The number of carbonyl (C=O) groups excluding carboxylic acids is 1. The monoisotopic (exact) mass is 342 g/mol. The van der Waals surface area contributed by atoms with Crippen LogP contribution in [-0.4, -0.2) is 24.6 Å². The zero-order valence-corrected chi connectivity index (χ0v) is 13.7. The normalized spacial score (nSPS) is 10.4. The van der Waals surface area contributed by atoms with E-state index in [9.17, 15) is 4.79 Å². The van der Waals surface area contributed by atoms with E-state index >= 15 is 0 Å². The standard InChI is InChI=1S/C18H15ClN2O3/c1-23-14-6-7-16-15(10-14)17(8-9-20-16)21-18(22)11-24-13-4-2-12(19)3-5-13/h2-10H,11H2,1H3,(H,20,21,22). The van der Waals surface area contributed by atoms with Crippen molar-refractivity contribution in [1.29, 1.82) is 0 Å². The Bertz CT molecular complexity index is 866. The van der Waals surface area contributed by atoms with Crippen molar-refractivity contribution in [2.24, 2.45) is 0 Å². The number of nitrogens with zero attached hydrogens (tertiary/aromatic N) is 1. The van der Waals surface area contributed by atoms with E-state index in [2.05, 4.69) is 10.3 Å². The highest BCUT2D eigenvalue weighted by Crippen LogP contribution is 2.26. The first-order valence-corrected chi connectivity index (χ1v) is 7.64. The second-order valence-corrected chi connectivity index (χ2v) is 5.47. The van der Waals surface area contributed by atoms with Crippen molar-refractivity contribution in [2.75, 3.05) is 19.0 Å². The van der Waals surface area contributed by atoms with E-state index < -0.39 is 0 Å². The highest BCUT2D eigenvalue weighted by atomic mass is 35.5. The number of methoxy groups -OCH3 is 1. The summed E-state index contributed by atoms with van der Waals surface area (Å²) in [5.41, 5.74) is 1.43. The summed E-state index contributed by atoms with van der Waals surface area (Å²) in [6.07, 6.45) is 1.64. The van der Waals surface area contributed by atoms with Crippen LogP contribution < -0.4 is 14.8 Å². The quantitative estimate of drug-likeness (QED) is 0.763.